The van der Waals surface area contributed by atoms with E-state index < -0.39 is 11.9 Å². The molecule has 0 rings (SSSR count). The normalized spacial score (nSPS) is 5.00. The van der Waals surface area contributed by atoms with E-state index >= 15 is 0 Å². The van der Waals surface area contributed by atoms with E-state index in [1.165, 1.54) is 0 Å². The van der Waals surface area contributed by atoms with Crippen LogP contribution in [0.15, 0.2) is 0 Å². The zero-order chi connectivity index (χ0) is 7.15. The molecule has 0 amide bonds. The molecule has 0 saturated heterocycles. The first-order chi connectivity index (χ1) is 3.46. The second-order valence-electron chi connectivity index (χ2n) is 1.04. The summed E-state index contributed by atoms with van der Waals surface area (Å²) in [6.45, 7) is 2.17. The fourth-order valence-corrected chi connectivity index (χ4v) is 0. The average molecular weight is 356 g/mol. The molecule has 0 atom stereocenters. The third-order valence-electron chi connectivity index (χ3n) is 0. The zero-order valence-electron chi connectivity index (χ0n) is 5.42. The Bertz CT molecular complexity index is 75.3. The monoisotopic (exact) mass is 356 g/mol. The van der Waals surface area contributed by atoms with E-state index in [0.29, 0.717) is 0 Å². The number of hydrogen-bond acceptors (Lipinski definition) is 2. The molecule has 0 saturated carbocycles. The summed E-state index contributed by atoms with van der Waals surface area (Å²) < 4.78 is 0. The van der Waals surface area contributed by atoms with E-state index in [4.69, 9.17) is 19.8 Å². The molecule has 0 aromatic rings. The predicted octanol–water partition coefficient (Wildman–Crippen LogP) is -1.65. The fraction of sp³-hybridized carbons (Fsp3) is 0.500. The van der Waals surface area contributed by atoms with Crippen molar-refractivity contribution in [2.45, 2.75) is 13.8 Å². The van der Waals surface area contributed by atoms with Crippen molar-refractivity contribution in [2.24, 2.45) is 0 Å². The first-order valence-electron chi connectivity index (χ1n) is 1.86. The van der Waals surface area contributed by atoms with Crippen molar-refractivity contribution in [3.05, 3.63) is 0 Å². The van der Waals surface area contributed by atoms with E-state index in [2.05, 4.69) is 0 Å². The van der Waals surface area contributed by atoms with Crippen molar-refractivity contribution in [3.8, 4) is 0 Å². The van der Waals surface area contributed by atoms with E-state index in [9.17, 15) is 0 Å². The molecule has 0 unspecified atom stereocenters. The number of carboxylic acid groups (broad SMARTS) is 2. The number of rotatable bonds is 0. The van der Waals surface area contributed by atoms with Crippen molar-refractivity contribution in [2.75, 3.05) is 0 Å². The van der Waals surface area contributed by atoms with Crippen LogP contribution in [0.1, 0.15) is 13.8 Å². The molecule has 58 valence electrons. The molecule has 2 N–H and O–H groups in total. The van der Waals surface area contributed by atoms with Crippen LogP contribution >= 0.6 is 0 Å². The molecule has 0 spiro atoms. The van der Waals surface area contributed by atoms with Crippen LogP contribution in [0, 0.1) is 0 Å². The number of carboxylic acids is 2. The average Bonchev–Trinajstić information content (AvgIpc) is 1.25. The molecule has 6 heteroatoms. The van der Waals surface area contributed by atoms with Crippen LogP contribution in [-0.4, -0.2) is 72.5 Å². The van der Waals surface area contributed by atoms with Crippen molar-refractivity contribution in [1.82, 2.24) is 0 Å². The van der Waals surface area contributed by atoms with Crippen LogP contribution in [0.4, 0.5) is 0 Å². The SMILES string of the molecule is CC(=O)O.CC(=O)O.[MgH2].[PbH2]. The van der Waals surface area contributed by atoms with Crippen LogP contribution in [0.5, 0.6) is 0 Å². The van der Waals surface area contributed by atoms with Crippen LogP contribution in [0.3, 0.4) is 0 Å². The Kier molecular flexibility index (Phi) is 36.6. The maximum atomic E-state index is 9.00. The summed E-state index contributed by atoms with van der Waals surface area (Å²) in [7, 11) is 0. The Morgan fingerprint density at radius 3 is 1.00 bits per heavy atom. The molecule has 0 aliphatic carbocycles. The van der Waals surface area contributed by atoms with Crippen LogP contribution in [0.2, 0.25) is 0 Å². The van der Waals surface area contributed by atoms with Crippen molar-refractivity contribution in [1.29, 1.82) is 0 Å². The number of carbonyl (C=O) groups is 2. The molecule has 10 heavy (non-hydrogen) atoms. The van der Waals surface area contributed by atoms with Crippen LogP contribution in [-0.2, 0) is 9.59 Å². The Balaban J connectivity index is -0.0000000300. The van der Waals surface area contributed by atoms with Gasteiger partial charge >= 0.3 is 50.4 Å². The number of hydrogen-bond donors (Lipinski definition) is 2. The quantitative estimate of drug-likeness (QED) is 0.511. The molecule has 0 aromatic carbocycles. The Morgan fingerprint density at radius 1 is 1.00 bits per heavy atom. The van der Waals surface area contributed by atoms with Gasteiger partial charge in [0, 0.05) is 13.8 Å². The maximum absolute atomic E-state index is 9.00. The summed E-state index contributed by atoms with van der Waals surface area (Å²) in [6.07, 6.45) is 0. The van der Waals surface area contributed by atoms with E-state index in [-0.39, 0.29) is 50.4 Å². The molecule has 2 radical (unpaired) electrons. The van der Waals surface area contributed by atoms with Gasteiger partial charge in [0.1, 0.15) is 0 Å². The van der Waals surface area contributed by atoms with Gasteiger partial charge in [-0.1, -0.05) is 0 Å². The van der Waals surface area contributed by atoms with E-state index in [1.54, 1.807) is 0 Å². The van der Waals surface area contributed by atoms with Gasteiger partial charge in [-0.25, -0.2) is 0 Å². The van der Waals surface area contributed by atoms with Gasteiger partial charge in [-0.05, 0) is 0 Å². The zero-order valence-corrected chi connectivity index (χ0v) is 10.9. The molecular formula is C4H12MgO4Pb. The summed E-state index contributed by atoms with van der Waals surface area (Å²) in [5.74, 6) is -1.67. The first-order valence-corrected chi connectivity index (χ1v) is 1.86. The molecule has 0 heterocycles. The van der Waals surface area contributed by atoms with Gasteiger partial charge in [0.25, 0.3) is 11.9 Å². The third kappa shape index (κ3) is 1270. The minimum atomic E-state index is -0.833. The standard InChI is InChI=1S/2C2H4O2.Mg.Pb.4H/c2*1-2(3)4;;;;;;/h2*1H3,(H,3,4);;;;;;. The summed E-state index contributed by atoms with van der Waals surface area (Å²) in [4.78, 5) is 18.0. The van der Waals surface area contributed by atoms with E-state index in [0.717, 1.165) is 13.8 Å². The summed E-state index contributed by atoms with van der Waals surface area (Å²) in [5, 5.41) is 14.8. The topological polar surface area (TPSA) is 74.6 Å². The molecule has 4 nitrogen and oxygen atoms in total. The van der Waals surface area contributed by atoms with Crippen molar-refractivity contribution in [3.63, 3.8) is 0 Å². The van der Waals surface area contributed by atoms with Crippen LogP contribution in [0.25, 0.3) is 0 Å². The molecule has 0 aliphatic rings. The summed E-state index contributed by atoms with van der Waals surface area (Å²) >= 11 is 0. The van der Waals surface area contributed by atoms with Gasteiger partial charge in [-0.3, -0.25) is 9.59 Å². The Labute approximate surface area is 95.3 Å². The van der Waals surface area contributed by atoms with E-state index in [1.807, 2.05) is 0 Å². The molecule has 0 fully saturated rings. The van der Waals surface area contributed by atoms with Gasteiger partial charge < -0.3 is 10.2 Å². The van der Waals surface area contributed by atoms with Crippen molar-refractivity contribution >= 4 is 62.3 Å². The Hall–Kier alpha value is 0.628. The van der Waals surface area contributed by atoms with Gasteiger partial charge in [0.2, 0.25) is 0 Å². The second-order valence-corrected chi connectivity index (χ2v) is 1.04. The first kappa shape index (κ1) is 22.4. The minimum absolute atomic E-state index is 0. The van der Waals surface area contributed by atoms with Gasteiger partial charge in [0.15, 0.2) is 0 Å². The van der Waals surface area contributed by atoms with Crippen LogP contribution < -0.4 is 0 Å². The molecule has 0 aliphatic heterocycles. The summed E-state index contributed by atoms with van der Waals surface area (Å²) in [5.41, 5.74) is 0. The second kappa shape index (κ2) is 16.3. The summed E-state index contributed by atoms with van der Waals surface area (Å²) in [6, 6.07) is 0. The Morgan fingerprint density at radius 2 is 1.00 bits per heavy atom. The van der Waals surface area contributed by atoms with Crippen molar-refractivity contribution < 1.29 is 19.8 Å². The third-order valence-corrected chi connectivity index (χ3v) is 0. The van der Waals surface area contributed by atoms with Gasteiger partial charge in [-0.2, -0.15) is 0 Å². The van der Waals surface area contributed by atoms with Gasteiger partial charge in [-0.15, -0.1) is 0 Å². The number of aliphatic carboxylic acids is 2. The molecule has 0 aromatic heterocycles. The molecule has 0 bridgehead atoms. The fourth-order valence-electron chi connectivity index (χ4n) is 0. The molecular weight excluding hydrogens is 344 g/mol. The predicted molar refractivity (Wildman–Crippen MR) is 43.7 cm³/mol. The van der Waals surface area contributed by atoms with Gasteiger partial charge in [0.05, 0.1) is 0 Å².